The van der Waals surface area contributed by atoms with E-state index in [0.717, 1.165) is 47.4 Å². The van der Waals surface area contributed by atoms with Crippen LogP contribution in [0, 0.1) is 0 Å². The van der Waals surface area contributed by atoms with E-state index in [1.807, 2.05) is 12.1 Å². The molecule has 1 aliphatic heterocycles. The highest BCUT2D eigenvalue weighted by Gasteiger charge is 2.21. The molecule has 0 aliphatic carbocycles. The Kier molecular flexibility index (Phi) is 3.59. The number of benzene rings is 1. The van der Waals surface area contributed by atoms with Crippen molar-refractivity contribution in [1.82, 2.24) is 9.55 Å². The van der Waals surface area contributed by atoms with Crippen molar-refractivity contribution < 1.29 is 4.74 Å². The van der Waals surface area contributed by atoms with E-state index in [9.17, 15) is 0 Å². The molecule has 0 N–H and O–H groups in total. The molecule has 1 atom stereocenters. The van der Waals surface area contributed by atoms with Crippen molar-refractivity contribution in [2.24, 2.45) is 0 Å². The molecule has 0 bridgehead atoms. The highest BCUT2D eigenvalue weighted by atomic mass is 79.9. The van der Waals surface area contributed by atoms with Crippen LogP contribution in [0.5, 0.6) is 0 Å². The van der Waals surface area contributed by atoms with E-state index in [4.69, 9.17) is 16.3 Å². The van der Waals surface area contributed by atoms with Crippen molar-refractivity contribution >= 4 is 38.6 Å². The molecule has 1 aliphatic rings. The molecule has 0 amide bonds. The zero-order chi connectivity index (χ0) is 12.5. The molecule has 96 valence electrons. The second-order valence-electron chi connectivity index (χ2n) is 4.54. The van der Waals surface area contributed by atoms with Gasteiger partial charge in [-0.25, -0.2) is 4.98 Å². The van der Waals surface area contributed by atoms with Crippen molar-refractivity contribution in [1.29, 1.82) is 0 Å². The van der Waals surface area contributed by atoms with Crippen molar-refractivity contribution in [3.05, 3.63) is 28.5 Å². The number of alkyl halides is 1. The minimum Gasteiger partial charge on any atom is -0.379 e. The first-order valence-electron chi connectivity index (χ1n) is 6.09. The Morgan fingerprint density at radius 1 is 1.50 bits per heavy atom. The van der Waals surface area contributed by atoms with E-state index in [2.05, 4.69) is 31.5 Å². The van der Waals surface area contributed by atoms with Gasteiger partial charge in [0.1, 0.15) is 5.82 Å². The summed E-state index contributed by atoms with van der Waals surface area (Å²) in [4.78, 5) is 4.61. The maximum atomic E-state index is 6.03. The van der Waals surface area contributed by atoms with Gasteiger partial charge in [0.25, 0.3) is 0 Å². The highest BCUT2D eigenvalue weighted by molar-refractivity contribution is 9.10. The third kappa shape index (κ3) is 2.17. The second kappa shape index (κ2) is 5.19. The highest BCUT2D eigenvalue weighted by Crippen LogP contribution is 2.29. The number of imidazole rings is 1. The molecule has 0 saturated carbocycles. The summed E-state index contributed by atoms with van der Waals surface area (Å²) in [6.07, 6.45) is 2.23. The summed E-state index contributed by atoms with van der Waals surface area (Å²) >= 11 is 9.50. The number of rotatable bonds is 2. The van der Waals surface area contributed by atoms with Gasteiger partial charge >= 0.3 is 0 Å². The Hall–Kier alpha value is -0.580. The zero-order valence-electron chi connectivity index (χ0n) is 9.90. The SMILES string of the molecule is ClCc1nc2cc(Br)ccc2n1C1CCCOC1. The summed E-state index contributed by atoms with van der Waals surface area (Å²) < 4.78 is 8.86. The van der Waals surface area contributed by atoms with Crippen molar-refractivity contribution in [2.75, 3.05) is 13.2 Å². The number of hydrogen-bond donors (Lipinski definition) is 0. The van der Waals surface area contributed by atoms with Crippen LogP contribution in [-0.2, 0) is 10.6 Å². The molecule has 1 fully saturated rings. The van der Waals surface area contributed by atoms with Gasteiger partial charge in [0.05, 0.1) is 29.6 Å². The molecule has 1 unspecified atom stereocenters. The average Bonchev–Trinajstić information content (AvgIpc) is 2.77. The summed E-state index contributed by atoms with van der Waals surface area (Å²) in [5.74, 6) is 1.36. The van der Waals surface area contributed by atoms with Crippen LogP contribution in [0.25, 0.3) is 11.0 Å². The fourth-order valence-corrected chi connectivity index (χ4v) is 3.09. The second-order valence-corrected chi connectivity index (χ2v) is 5.72. The molecule has 1 aromatic carbocycles. The van der Waals surface area contributed by atoms with Gasteiger partial charge in [-0.15, -0.1) is 11.6 Å². The lowest BCUT2D eigenvalue weighted by Gasteiger charge is -2.25. The fourth-order valence-electron chi connectivity index (χ4n) is 2.55. The minimum absolute atomic E-state index is 0.360. The van der Waals surface area contributed by atoms with Gasteiger partial charge in [0.2, 0.25) is 0 Å². The zero-order valence-corrected chi connectivity index (χ0v) is 12.2. The van der Waals surface area contributed by atoms with Gasteiger partial charge in [-0.2, -0.15) is 0 Å². The normalized spacial score (nSPS) is 20.4. The van der Waals surface area contributed by atoms with Crippen LogP contribution in [0.3, 0.4) is 0 Å². The monoisotopic (exact) mass is 328 g/mol. The van der Waals surface area contributed by atoms with Crippen LogP contribution in [0.2, 0.25) is 0 Å². The molecule has 3 nitrogen and oxygen atoms in total. The molecule has 2 heterocycles. The Bertz CT molecular complexity index is 563. The summed E-state index contributed by atoms with van der Waals surface area (Å²) in [5, 5.41) is 0. The molecule has 2 aromatic rings. The van der Waals surface area contributed by atoms with Crippen molar-refractivity contribution in [3.63, 3.8) is 0 Å². The first-order valence-corrected chi connectivity index (χ1v) is 7.42. The number of aromatic nitrogens is 2. The van der Waals surface area contributed by atoms with E-state index < -0.39 is 0 Å². The summed E-state index contributed by atoms with van der Waals surface area (Å²) in [7, 11) is 0. The number of ether oxygens (including phenoxy) is 1. The molecule has 1 saturated heterocycles. The predicted molar refractivity (Wildman–Crippen MR) is 76.1 cm³/mol. The predicted octanol–water partition coefficient (Wildman–Crippen LogP) is 3.89. The summed E-state index contributed by atoms with van der Waals surface area (Å²) in [6.45, 7) is 1.62. The summed E-state index contributed by atoms with van der Waals surface area (Å²) in [5.41, 5.74) is 2.13. The lowest BCUT2D eigenvalue weighted by Crippen LogP contribution is -2.22. The standard InChI is InChI=1S/C13H14BrClN2O/c14-9-3-4-12-11(6-9)16-13(7-15)17(12)10-2-1-5-18-8-10/h3-4,6,10H,1-2,5,7-8H2. The van der Waals surface area contributed by atoms with E-state index in [1.165, 1.54) is 0 Å². The quantitative estimate of drug-likeness (QED) is 0.782. The number of halogens is 2. The Morgan fingerprint density at radius 3 is 3.11 bits per heavy atom. The third-order valence-corrected chi connectivity index (χ3v) is 4.08. The topological polar surface area (TPSA) is 27.1 Å². The molecule has 0 radical (unpaired) electrons. The van der Waals surface area contributed by atoms with Gasteiger partial charge < -0.3 is 9.30 Å². The maximum Gasteiger partial charge on any atom is 0.125 e. The minimum atomic E-state index is 0.360. The van der Waals surface area contributed by atoms with Crippen LogP contribution in [0.15, 0.2) is 22.7 Å². The van der Waals surface area contributed by atoms with Gasteiger partial charge in [-0.1, -0.05) is 15.9 Å². The maximum absolute atomic E-state index is 6.03. The molecule has 5 heteroatoms. The lowest BCUT2D eigenvalue weighted by atomic mass is 10.1. The van der Waals surface area contributed by atoms with Crippen molar-refractivity contribution in [2.45, 2.75) is 24.8 Å². The van der Waals surface area contributed by atoms with E-state index in [-0.39, 0.29) is 0 Å². The Morgan fingerprint density at radius 2 is 2.39 bits per heavy atom. The van der Waals surface area contributed by atoms with Crippen molar-refractivity contribution in [3.8, 4) is 0 Å². The average molecular weight is 330 g/mol. The molecular weight excluding hydrogens is 316 g/mol. The van der Waals surface area contributed by atoms with Gasteiger partial charge in [-0.05, 0) is 31.0 Å². The van der Waals surface area contributed by atoms with E-state index >= 15 is 0 Å². The van der Waals surface area contributed by atoms with E-state index in [0.29, 0.717) is 11.9 Å². The fraction of sp³-hybridized carbons (Fsp3) is 0.462. The van der Waals surface area contributed by atoms with Crippen LogP contribution in [-0.4, -0.2) is 22.8 Å². The van der Waals surface area contributed by atoms with Gasteiger partial charge in [-0.3, -0.25) is 0 Å². The third-order valence-electron chi connectivity index (χ3n) is 3.35. The number of fused-ring (bicyclic) bond motifs is 1. The molecule has 18 heavy (non-hydrogen) atoms. The Balaban J connectivity index is 2.12. The van der Waals surface area contributed by atoms with Crippen LogP contribution in [0.1, 0.15) is 24.7 Å². The largest absolute Gasteiger partial charge is 0.379 e. The van der Waals surface area contributed by atoms with Gasteiger partial charge in [0, 0.05) is 11.1 Å². The molecular formula is C13H14BrClN2O. The van der Waals surface area contributed by atoms with Crippen LogP contribution >= 0.6 is 27.5 Å². The van der Waals surface area contributed by atoms with Crippen LogP contribution in [0.4, 0.5) is 0 Å². The first-order chi connectivity index (χ1) is 8.79. The number of hydrogen-bond acceptors (Lipinski definition) is 2. The molecule has 0 spiro atoms. The first kappa shape index (κ1) is 12.5. The Labute approximate surface area is 119 Å². The number of nitrogens with zero attached hydrogens (tertiary/aromatic N) is 2. The molecule has 1 aromatic heterocycles. The van der Waals surface area contributed by atoms with E-state index in [1.54, 1.807) is 0 Å². The molecule has 3 rings (SSSR count). The lowest BCUT2D eigenvalue weighted by molar-refractivity contribution is 0.0597. The summed E-state index contributed by atoms with van der Waals surface area (Å²) in [6, 6.07) is 6.53. The van der Waals surface area contributed by atoms with Gasteiger partial charge in [0.15, 0.2) is 0 Å². The smallest absolute Gasteiger partial charge is 0.125 e. The van der Waals surface area contributed by atoms with Crippen LogP contribution < -0.4 is 0 Å².